The molecule has 0 aromatic carbocycles. The van der Waals surface area contributed by atoms with E-state index in [4.69, 9.17) is 0 Å². The summed E-state index contributed by atoms with van der Waals surface area (Å²) in [4.78, 5) is 24.6. The number of rotatable bonds is 4. The molecule has 2 rings (SSSR count). The van der Waals surface area contributed by atoms with Gasteiger partial charge < -0.3 is 0 Å². The smallest absolute Gasteiger partial charge is 0.192 e. The minimum Gasteiger partial charge on any atom is -0.299 e. The second kappa shape index (κ2) is 3.25. The Bertz CT molecular complexity index is 418. The summed E-state index contributed by atoms with van der Waals surface area (Å²) in [7, 11) is 1.64. The van der Waals surface area contributed by atoms with Crippen molar-refractivity contribution in [1.82, 2.24) is 15.0 Å². The van der Waals surface area contributed by atoms with Crippen molar-refractivity contribution in [2.45, 2.75) is 26.2 Å². The molecule has 1 saturated carbocycles. The van der Waals surface area contributed by atoms with E-state index in [-0.39, 0.29) is 29.1 Å². The molecule has 0 unspecified atom stereocenters. The van der Waals surface area contributed by atoms with Crippen LogP contribution in [-0.4, -0.2) is 26.6 Å². The molecule has 1 fully saturated rings. The van der Waals surface area contributed by atoms with E-state index in [1.54, 1.807) is 7.05 Å². The number of Topliss-reactive ketones (excluding diaryl/α,β-unsaturated/α-hetero) is 2. The summed E-state index contributed by atoms with van der Waals surface area (Å²) in [6, 6.07) is 0. The van der Waals surface area contributed by atoms with Crippen molar-refractivity contribution in [2.75, 3.05) is 0 Å². The SMILES string of the molecule is Cn1ncc(C(=O)CC(=O)C2(C)CC2)n1. The van der Waals surface area contributed by atoms with E-state index >= 15 is 0 Å². The molecular formula is C10H13N3O2. The van der Waals surface area contributed by atoms with Crippen molar-refractivity contribution >= 4 is 11.6 Å². The highest BCUT2D eigenvalue weighted by Crippen LogP contribution is 2.46. The first-order valence-electron chi connectivity index (χ1n) is 4.94. The van der Waals surface area contributed by atoms with Crippen LogP contribution in [0.4, 0.5) is 0 Å². The molecule has 1 heterocycles. The maximum absolute atomic E-state index is 11.6. The third-order valence-electron chi connectivity index (χ3n) is 2.88. The molecule has 5 heteroatoms. The maximum atomic E-state index is 11.6. The van der Waals surface area contributed by atoms with Crippen LogP contribution in [0.1, 0.15) is 36.7 Å². The van der Waals surface area contributed by atoms with Crippen LogP contribution in [0.5, 0.6) is 0 Å². The predicted octanol–water partition coefficient (Wildman–Crippen LogP) is 0.757. The topological polar surface area (TPSA) is 64.8 Å². The van der Waals surface area contributed by atoms with Crippen LogP contribution < -0.4 is 0 Å². The Hall–Kier alpha value is -1.52. The molecule has 1 aliphatic rings. The van der Waals surface area contributed by atoms with Gasteiger partial charge in [0.25, 0.3) is 0 Å². The van der Waals surface area contributed by atoms with Crippen molar-refractivity contribution in [3.8, 4) is 0 Å². The average molecular weight is 207 g/mol. The summed E-state index contributed by atoms with van der Waals surface area (Å²) < 4.78 is 0. The zero-order chi connectivity index (χ0) is 11.1. The van der Waals surface area contributed by atoms with Gasteiger partial charge in [-0.15, -0.1) is 0 Å². The Balaban J connectivity index is 2.01. The zero-order valence-corrected chi connectivity index (χ0v) is 8.86. The molecule has 1 aromatic heterocycles. The summed E-state index contributed by atoms with van der Waals surface area (Å²) in [5.41, 5.74) is 0.0350. The summed E-state index contributed by atoms with van der Waals surface area (Å²) in [6.45, 7) is 1.90. The lowest BCUT2D eigenvalue weighted by atomic mass is 9.98. The zero-order valence-electron chi connectivity index (χ0n) is 8.86. The Labute approximate surface area is 87.5 Å². The lowest BCUT2D eigenvalue weighted by Crippen LogP contribution is -2.17. The van der Waals surface area contributed by atoms with E-state index in [0.717, 1.165) is 12.8 Å². The number of aryl methyl sites for hydroxylation is 1. The van der Waals surface area contributed by atoms with Gasteiger partial charge in [-0.05, 0) is 12.8 Å². The highest BCUT2D eigenvalue weighted by atomic mass is 16.2. The van der Waals surface area contributed by atoms with Gasteiger partial charge in [-0.25, -0.2) is 0 Å². The summed E-state index contributed by atoms with van der Waals surface area (Å²) in [5, 5.41) is 7.67. The van der Waals surface area contributed by atoms with E-state index in [1.165, 1.54) is 11.0 Å². The first kappa shape index (κ1) is 10.0. The Morgan fingerprint density at radius 2 is 2.20 bits per heavy atom. The van der Waals surface area contributed by atoms with Gasteiger partial charge in [-0.1, -0.05) is 6.92 Å². The molecule has 15 heavy (non-hydrogen) atoms. The number of nitrogens with zero attached hydrogens (tertiary/aromatic N) is 3. The van der Waals surface area contributed by atoms with Gasteiger partial charge >= 0.3 is 0 Å². The molecule has 80 valence electrons. The Morgan fingerprint density at radius 1 is 1.53 bits per heavy atom. The molecule has 1 aromatic rings. The second-order valence-electron chi connectivity index (χ2n) is 4.30. The van der Waals surface area contributed by atoms with Gasteiger partial charge in [-0.3, -0.25) is 9.59 Å². The van der Waals surface area contributed by atoms with Crippen LogP contribution >= 0.6 is 0 Å². The van der Waals surface area contributed by atoms with Crippen LogP contribution in [-0.2, 0) is 11.8 Å². The number of aromatic nitrogens is 3. The first-order chi connectivity index (χ1) is 7.01. The van der Waals surface area contributed by atoms with E-state index in [1.807, 2.05) is 6.92 Å². The van der Waals surface area contributed by atoms with Gasteiger partial charge in [0.05, 0.1) is 12.6 Å². The fraction of sp³-hybridized carbons (Fsp3) is 0.600. The lowest BCUT2D eigenvalue weighted by Gasteiger charge is -2.04. The number of carbonyl (C=O) groups is 2. The highest BCUT2D eigenvalue weighted by molar-refractivity contribution is 6.09. The number of hydrogen-bond acceptors (Lipinski definition) is 4. The van der Waals surface area contributed by atoms with Crippen LogP contribution in [0.25, 0.3) is 0 Å². The van der Waals surface area contributed by atoms with Crippen molar-refractivity contribution < 1.29 is 9.59 Å². The van der Waals surface area contributed by atoms with Crippen molar-refractivity contribution in [3.63, 3.8) is 0 Å². The molecule has 0 bridgehead atoms. The number of hydrogen-bond donors (Lipinski definition) is 0. The predicted molar refractivity (Wildman–Crippen MR) is 52.3 cm³/mol. The molecule has 0 saturated heterocycles. The summed E-state index contributed by atoms with van der Waals surface area (Å²) in [6.07, 6.45) is 3.15. The van der Waals surface area contributed by atoms with Gasteiger partial charge in [0, 0.05) is 12.5 Å². The number of carbonyl (C=O) groups excluding carboxylic acids is 2. The third kappa shape index (κ3) is 1.95. The second-order valence-corrected chi connectivity index (χ2v) is 4.30. The van der Waals surface area contributed by atoms with Crippen LogP contribution in [0.2, 0.25) is 0 Å². The quantitative estimate of drug-likeness (QED) is 0.540. The molecule has 5 nitrogen and oxygen atoms in total. The van der Waals surface area contributed by atoms with Crippen molar-refractivity contribution in [3.05, 3.63) is 11.9 Å². The van der Waals surface area contributed by atoms with E-state index < -0.39 is 0 Å². The first-order valence-corrected chi connectivity index (χ1v) is 4.94. The van der Waals surface area contributed by atoms with E-state index in [9.17, 15) is 9.59 Å². The van der Waals surface area contributed by atoms with Gasteiger partial charge in [0.2, 0.25) is 0 Å². The molecule has 0 spiro atoms. The molecular weight excluding hydrogens is 194 g/mol. The molecule has 0 aliphatic heterocycles. The number of ketones is 2. The Morgan fingerprint density at radius 3 is 2.67 bits per heavy atom. The minimum absolute atomic E-state index is 0.0261. The molecule has 0 amide bonds. The average Bonchev–Trinajstić information content (AvgIpc) is 2.77. The Kier molecular flexibility index (Phi) is 2.17. The highest BCUT2D eigenvalue weighted by Gasteiger charge is 2.44. The third-order valence-corrected chi connectivity index (χ3v) is 2.88. The minimum atomic E-state index is -0.238. The van der Waals surface area contributed by atoms with Crippen molar-refractivity contribution in [2.24, 2.45) is 12.5 Å². The van der Waals surface area contributed by atoms with Gasteiger partial charge in [-0.2, -0.15) is 15.0 Å². The van der Waals surface area contributed by atoms with Crippen LogP contribution in [0.15, 0.2) is 6.20 Å². The summed E-state index contributed by atoms with van der Waals surface area (Å²) in [5.74, 6) is -0.209. The molecule has 0 N–H and O–H groups in total. The maximum Gasteiger partial charge on any atom is 0.192 e. The lowest BCUT2D eigenvalue weighted by molar-refractivity contribution is -0.122. The van der Waals surface area contributed by atoms with Gasteiger partial charge in [0.1, 0.15) is 11.5 Å². The van der Waals surface area contributed by atoms with E-state index in [2.05, 4.69) is 10.2 Å². The normalized spacial score (nSPS) is 17.5. The standard InChI is InChI=1S/C10H13N3O2/c1-10(3-4-10)9(15)5-8(14)7-6-11-13(2)12-7/h6H,3-5H2,1-2H3. The largest absolute Gasteiger partial charge is 0.299 e. The fourth-order valence-corrected chi connectivity index (χ4v) is 1.39. The van der Waals surface area contributed by atoms with Crippen molar-refractivity contribution in [1.29, 1.82) is 0 Å². The van der Waals surface area contributed by atoms with Gasteiger partial charge in [0.15, 0.2) is 5.78 Å². The molecule has 0 radical (unpaired) electrons. The fourth-order valence-electron chi connectivity index (χ4n) is 1.39. The molecule has 1 aliphatic carbocycles. The monoisotopic (exact) mass is 207 g/mol. The van der Waals surface area contributed by atoms with Crippen LogP contribution in [0.3, 0.4) is 0 Å². The van der Waals surface area contributed by atoms with Crippen LogP contribution in [0, 0.1) is 5.41 Å². The van der Waals surface area contributed by atoms with E-state index in [0.29, 0.717) is 0 Å². The summed E-state index contributed by atoms with van der Waals surface area (Å²) >= 11 is 0. The molecule has 0 atom stereocenters.